The zero-order valence-electron chi connectivity index (χ0n) is 12.9. The number of nitrogens with one attached hydrogen (secondary N) is 1. The van der Waals surface area contributed by atoms with Gasteiger partial charge in [-0.1, -0.05) is 30.3 Å². The third-order valence-electron chi connectivity index (χ3n) is 4.18. The summed E-state index contributed by atoms with van der Waals surface area (Å²) in [5.41, 5.74) is 3.53. The first-order valence-electron chi connectivity index (χ1n) is 7.43. The van der Waals surface area contributed by atoms with Gasteiger partial charge in [0, 0.05) is 6.04 Å². The molecule has 0 saturated heterocycles. The highest BCUT2D eigenvalue weighted by molar-refractivity contribution is 5.51. The highest BCUT2D eigenvalue weighted by Gasteiger charge is 2.28. The van der Waals surface area contributed by atoms with Gasteiger partial charge in [-0.3, -0.25) is 0 Å². The molecule has 22 heavy (non-hydrogen) atoms. The average molecular weight is 299 g/mol. The molecule has 2 N–H and O–H groups in total. The monoisotopic (exact) mass is 299 g/mol. The fourth-order valence-corrected chi connectivity index (χ4v) is 3.07. The van der Waals surface area contributed by atoms with Crippen molar-refractivity contribution >= 4 is 0 Å². The van der Waals surface area contributed by atoms with Crippen molar-refractivity contribution < 1.29 is 14.6 Å². The molecule has 0 bridgehead atoms. The molecule has 4 heteroatoms. The Morgan fingerprint density at radius 3 is 2.41 bits per heavy atom. The Morgan fingerprint density at radius 2 is 1.77 bits per heavy atom. The van der Waals surface area contributed by atoms with Crippen molar-refractivity contribution in [3.05, 3.63) is 59.2 Å². The molecule has 0 spiro atoms. The molecular weight excluding hydrogens is 278 g/mol. The van der Waals surface area contributed by atoms with Gasteiger partial charge in [-0.05, 0) is 35.2 Å². The minimum atomic E-state index is 0.0378. The van der Waals surface area contributed by atoms with Gasteiger partial charge >= 0.3 is 0 Å². The third kappa shape index (κ3) is 2.67. The van der Waals surface area contributed by atoms with Gasteiger partial charge in [-0.2, -0.15) is 0 Å². The van der Waals surface area contributed by atoms with Crippen molar-refractivity contribution in [1.29, 1.82) is 0 Å². The zero-order valence-corrected chi connectivity index (χ0v) is 12.9. The summed E-state index contributed by atoms with van der Waals surface area (Å²) in [6, 6.07) is 14.4. The van der Waals surface area contributed by atoms with E-state index in [1.807, 2.05) is 30.3 Å². The second-order valence-corrected chi connectivity index (χ2v) is 5.50. The first-order valence-corrected chi connectivity index (χ1v) is 7.43. The van der Waals surface area contributed by atoms with E-state index in [1.54, 1.807) is 14.2 Å². The van der Waals surface area contributed by atoms with E-state index in [0.29, 0.717) is 0 Å². The summed E-state index contributed by atoms with van der Waals surface area (Å²) in [6.07, 6.45) is 0.773. The van der Waals surface area contributed by atoms with Crippen LogP contribution in [0.5, 0.6) is 11.5 Å². The first kappa shape index (κ1) is 14.9. The SMILES string of the molecule is COc1cc2c(cc1OC)[C@@H](c1ccccc1)N[C@H](CO)C2. The number of hydrogen-bond acceptors (Lipinski definition) is 4. The number of ether oxygens (including phenoxy) is 2. The van der Waals surface area contributed by atoms with E-state index >= 15 is 0 Å². The number of fused-ring (bicyclic) bond motifs is 1. The molecule has 0 aliphatic carbocycles. The van der Waals surface area contributed by atoms with Crippen LogP contribution in [0.25, 0.3) is 0 Å². The maximum atomic E-state index is 9.59. The van der Waals surface area contributed by atoms with Crippen LogP contribution in [0.15, 0.2) is 42.5 Å². The molecule has 2 aromatic carbocycles. The van der Waals surface area contributed by atoms with E-state index in [4.69, 9.17) is 9.47 Å². The molecular formula is C18H21NO3. The average Bonchev–Trinajstić information content (AvgIpc) is 2.60. The second kappa shape index (κ2) is 6.38. The van der Waals surface area contributed by atoms with Crippen LogP contribution >= 0.6 is 0 Å². The topological polar surface area (TPSA) is 50.7 Å². The molecule has 0 saturated carbocycles. The van der Waals surface area contributed by atoms with Gasteiger partial charge in [0.1, 0.15) is 0 Å². The van der Waals surface area contributed by atoms with Crippen molar-refractivity contribution in [3.63, 3.8) is 0 Å². The highest BCUT2D eigenvalue weighted by atomic mass is 16.5. The molecule has 3 rings (SSSR count). The summed E-state index contributed by atoms with van der Waals surface area (Å²) < 4.78 is 10.8. The Bertz CT molecular complexity index is 642. The van der Waals surface area contributed by atoms with Gasteiger partial charge < -0.3 is 19.9 Å². The van der Waals surface area contributed by atoms with Crippen molar-refractivity contribution in [2.75, 3.05) is 20.8 Å². The molecule has 116 valence electrons. The summed E-state index contributed by atoms with van der Waals surface area (Å²) in [5.74, 6) is 1.46. The Morgan fingerprint density at radius 1 is 1.09 bits per heavy atom. The number of rotatable bonds is 4. The van der Waals surface area contributed by atoms with E-state index < -0.39 is 0 Å². The lowest BCUT2D eigenvalue weighted by molar-refractivity contribution is 0.228. The lowest BCUT2D eigenvalue weighted by Crippen LogP contribution is -2.42. The van der Waals surface area contributed by atoms with Crippen LogP contribution < -0.4 is 14.8 Å². The lowest BCUT2D eigenvalue weighted by Gasteiger charge is -2.33. The van der Waals surface area contributed by atoms with Crippen molar-refractivity contribution in [2.45, 2.75) is 18.5 Å². The number of benzene rings is 2. The van der Waals surface area contributed by atoms with Crippen molar-refractivity contribution in [1.82, 2.24) is 5.32 Å². The number of aliphatic hydroxyl groups is 1. The smallest absolute Gasteiger partial charge is 0.161 e. The fraction of sp³-hybridized carbons (Fsp3) is 0.333. The van der Waals surface area contributed by atoms with Gasteiger partial charge in [-0.25, -0.2) is 0 Å². The Balaban J connectivity index is 2.10. The molecule has 1 aliphatic heterocycles. The largest absolute Gasteiger partial charge is 0.493 e. The Kier molecular flexibility index (Phi) is 4.32. The van der Waals surface area contributed by atoms with Crippen molar-refractivity contribution in [2.24, 2.45) is 0 Å². The van der Waals surface area contributed by atoms with Crippen LogP contribution in [0.3, 0.4) is 0 Å². The van der Waals surface area contributed by atoms with E-state index in [-0.39, 0.29) is 18.7 Å². The number of methoxy groups -OCH3 is 2. The van der Waals surface area contributed by atoms with Crippen LogP contribution in [0.2, 0.25) is 0 Å². The Labute approximate surface area is 130 Å². The summed E-state index contributed by atoms with van der Waals surface area (Å²) in [4.78, 5) is 0. The quantitative estimate of drug-likeness (QED) is 0.909. The second-order valence-electron chi connectivity index (χ2n) is 5.50. The lowest BCUT2D eigenvalue weighted by atomic mass is 9.86. The summed E-state index contributed by atoms with van der Waals surface area (Å²) in [6.45, 7) is 0.108. The molecule has 0 unspecified atom stereocenters. The third-order valence-corrected chi connectivity index (χ3v) is 4.18. The van der Waals surface area contributed by atoms with Gasteiger partial charge in [0.2, 0.25) is 0 Å². The molecule has 1 heterocycles. The summed E-state index contributed by atoms with van der Waals surface area (Å²) in [5, 5.41) is 13.1. The minimum Gasteiger partial charge on any atom is -0.493 e. The fourth-order valence-electron chi connectivity index (χ4n) is 3.07. The van der Waals surface area contributed by atoms with E-state index in [0.717, 1.165) is 17.9 Å². The highest BCUT2D eigenvalue weighted by Crippen LogP contribution is 2.38. The van der Waals surface area contributed by atoms with E-state index in [1.165, 1.54) is 16.7 Å². The molecule has 2 aromatic rings. The minimum absolute atomic E-state index is 0.0378. The van der Waals surface area contributed by atoms with Crippen LogP contribution in [-0.2, 0) is 6.42 Å². The van der Waals surface area contributed by atoms with Gasteiger partial charge in [-0.15, -0.1) is 0 Å². The summed E-state index contributed by atoms with van der Waals surface area (Å²) >= 11 is 0. The first-order chi connectivity index (χ1) is 10.8. The van der Waals surface area contributed by atoms with Crippen LogP contribution in [0.4, 0.5) is 0 Å². The molecule has 0 radical (unpaired) electrons. The van der Waals surface area contributed by atoms with Crippen LogP contribution in [-0.4, -0.2) is 32.0 Å². The van der Waals surface area contributed by atoms with Crippen LogP contribution in [0, 0.1) is 0 Å². The van der Waals surface area contributed by atoms with Gasteiger partial charge in [0.05, 0.1) is 26.9 Å². The predicted molar refractivity (Wildman–Crippen MR) is 85.5 cm³/mol. The summed E-state index contributed by atoms with van der Waals surface area (Å²) in [7, 11) is 3.29. The molecule has 2 atom stereocenters. The molecule has 0 amide bonds. The Hall–Kier alpha value is -2.04. The molecule has 1 aliphatic rings. The van der Waals surface area contributed by atoms with Crippen LogP contribution in [0.1, 0.15) is 22.7 Å². The standard InChI is InChI=1S/C18H21NO3/c1-21-16-9-13-8-14(11-20)19-18(12-6-4-3-5-7-12)15(13)10-17(16)22-2/h3-7,9-10,14,18-20H,8,11H2,1-2H3/t14-,18+/m0/s1. The maximum Gasteiger partial charge on any atom is 0.161 e. The molecule has 0 aromatic heterocycles. The van der Waals surface area contributed by atoms with Gasteiger partial charge in [0.15, 0.2) is 11.5 Å². The predicted octanol–water partition coefficient (Wildman–Crippen LogP) is 2.30. The van der Waals surface area contributed by atoms with Gasteiger partial charge in [0.25, 0.3) is 0 Å². The molecule has 0 fully saturated rings. The van der Waals surface area contributed by atoms with E-state index in [9.17, 15) is 5.11 Å². The normalized spacial score (nSPS) is 20.3. The molecule has 4 nitrogen and oxygen atoms in total. The number of hydrogen-bond donors (Lipinski definition) is 2. The van der Waals surface area contributed by atoms with Crippen molar-refractivity contribution in [3.8, 4) is 11.5 Å². The maximum absolute atomic E-state index is 9.59. The van der Waals surface area contributed by atoms with E-state index in [2.05, 4.69) is 17.4 Å². The number of aliphatic hydroxyl groups excluding tert-OH is 1. The zero-order chi connectivity index (χ0) is 15.5.